The van der Waals surface area contributed by atoms with Crippen LogP contribution in [-0.2, 0) is 10.0 Å². The zero-order valence-corrected chi connectivity index (χ0v) is 17.1. The van der Waals surface area contributed by atoms with E-state index in [9.17, 15) is 13.2 Å². The van der Waals surface area contributed by atoms with Gasteiger partial charge >= 0.3 is 0 Å². The van der Waals surface area contributed by atoms with Crippen molar-refractivity contribution in [1.82, 2.24) is 4.31 Å². The largest absolute Gasteiger partial charge is 0.322 e. The first kappa shape index (κ1) is 20.4. The highest BCUT2D eigenvalue weighted by molar-refractivity contribution is 7.89. The number of amides is 1. The minimum atomic E-state index is -3.70. The van der Waals surface area contributed by atoms with Gasteiger partial charge in [0.25, 0.3) is 5.91 Å². The van der Waals surface area contributed by atoms with Gasteiger partial charge < -0.3 is 5.32 Å². The number of benzene rings is 2. The number of halogens is 1. The third-order valence-corrected chi connectivity index (χ3v) is 6.43. The smallest absolute Gasteiger partial charge is 0.257 e. The molecule has 2 aromatic carbocycles. The standard InChI is InChI=1S/C19H23ClN2O3S/c1-12(2)22(5)26(24,25)16-6-7-18(20)17(11-16)19(23)21-15-9-13(3)8-14(4)10-15/h6-12H,1-5H3,(H,21,23). The van der Waals surface area contributed by atoms with Crippen molar-refractivity contribution in [1.29, 1.82) is 0 Å². The molecule has 0 spiro atoms. The van der Waals surface area contributed by atoms with Crippen molar-refractivity contribution in [2.45, 2.75) is 38.6 Å². The molecule has 140 valence electrons. The van der Waals surface area contributed by atoms with E-state index in [-0.39, 0.29) is 21.5 Å². The van der Waals surface area contributed by atoms with Crippen LogP contribution < -0.4 is 5.32 Å². The number of anilines is 1. The van der Waals surface area contributed by atoms with E-state index in [4.69, 9.17) is 11.6 Å². The zero-order chi connectivity index (χ0) is 19.6. The number of aryl methyl sites for hydroxylation is 2. The Balaban J connectivity index is 2.39. The van der Waals surface area contributed by atoms with E-state index in [1.165, 1.54) is 29.6 Å². The number of hydrogen-bond donors (Lipinski definition) is 1. The van der Waals surface area contributed by atoms with Gasteiger partial charge in [-0.05, 0) is 69.2 Å². The lowest BCUT2D eigenvalue weighted by Gasteiger charge is -2.21. The monoisotopic (exact) mass is 394 g/mol. The Morgan fingerprint density at radius 3 is 2.19 bits per heavy atom. The van der Waals surface area contributed by atoms with Crippen LogP contribution in [0, 0.1) is 13.8 Å². The molecule has 7 heteroatoms. The number of nitrogens with one attached hydrogen (secondary N) is 1. The van der Waals surface area contributed by atoms with Crippen molar-refractivity contribution < 1.29 is 13.2 Å². The Bertz CT molecular complexity index is 920. The van der Waals surface area contributed by atoms with Crippen LogP contribution >= 0.6 is 11.6 Å². The first-order valence-electron chi connectivity index (χ1n) is 8.19. The molecule has 26 heavy (non-hydrogen) atoms. The van der Waals surface area contributed by atoms with Gasteiger partial charge in [-0.2, -0.15) is 4.31 Å². The predicted octanol–water partition coefficient (Wildman–Crippen LogP) is 4.24. The Labute approximate surface area is 160 Å². The maximum atomic E-state index is 12.7. The van der Waals surface area contributed by atoms with E-state index in [1.807, 2.05) is 32.0 Å². The van der Waals surface area contributed by atoms with E-state index in [0.717, 1.165) is 11.1 Å². The Morgan fingerprint density at radius 2 is 1.65 bits per heavy atom. The van der Waals surface area contributed by atoms with E-state index in [1.54, 1.807) is 13.8 Å². The summed E-state index contributed by atoms with van der Waals surface area (Å²) in [6, 6.07) is 9.62. The van der Waals surface area contributed by atoms with Crippen LogP contribution in [0.1, 0.15) is 35.3 Å². The van der Waals surface area contributed by atoms with Gasteiger partial charge in [0.05, 0.1) is 15.5 Å². The quantitative estimate of drug-likeness (QED) is 0.824. The van der Waals surface area contributed by atoms with Crippen LogP contribution in [0.15, 0.2) is 41.3 Å². The molecular formula is C19H23ClN2O3S. The molecule has 0 heterocycles. The molecule has 1 N–H and O–H groups in total. The summed E-state index contributed by atoms with van der Waals surface area (Å²) in [7, 11) is -2.20. The molecular weight excluding hydrogens is 372 g/mol. The number of hydrogen-bond acceptors (Lipinski definition) is 3. The molecule has 0 aromatic heterocycles. The van der Waals surface area contributed by atoms with E-state index in [2.05, 4.69) is 5.32 Å². The molecule has 0 aliphatic heterocycles. The van der Waals surface area contributed by atoms with Gasteiger partial charge in [0, 0.05) is 18.8 Å². The lowest BCUT2D eigenvalue weighted by Crippen LogP contribution is -2.33. The van der Waals surface area contributed by atoms with Crippen LogP contribution in [0.3, 0.4) is 0 Å². The Morgan fingerprint density at radius 1 is 1.08 bits per heavy atom. The minimum Gasteiger partial charge on any atom is -0.322 e. The number of rotatable bonds is 5. The number of nitrogens with zero attached hydrogens (tertiary/aromatic N) is 1. The van der Waals surface area contributed by atoms with E-state index < -0.39 is 15.9 Å². The summed E-state index contributed by atoms with van der Waals surface area (Å²) in [5.74, 6) is -0.454. The number of carbonyl (C=O) groups is 1. The normalized spacial score (nSPS) is 11.8. The van der Waals surface area contributed by atoms with Crippen molar-refractivity contribution in [3.63, 3.8) is 0 Å². The van der Waals surface area contributed by atoms with Gasteiger partial charge in [-0.3, -0.25) is 4.79 Å². The van der Waals surface area contributed by atoms with Gasteiger partial charge in [0.2, 0.25) is 10.0 Å². The summed E-state index contributed by atoms with van der Waals surface area (Å²) >= 11 is 6.14. The molecule has 0 saturated heterocycles. The zero-order valence-electron chi connectivity index (χ0n) is 15.5. The predicted molar refractivity (Wildman–Crippen MR) is 105 cm³/mol. The van der Waals surface area contributed by atoms with Gasteiger partial charge in [0.1, 0.15) is 0 Å². The summed E-state index contributed by atoms with van der Waals surface area (Å²) in [6.07, 6.45) is 0. The second kappa shape index (κ2) is 7.78. The molecule has 0 aliphatic rings. The molecule has 2 rings (SSSR count). The fourth-order valence-electron chi connectivity index (χ4n) is 2.53. The molecule has 0 unspecified atom stereocenters. The van der Waals surface area contributed by atoms with Gasteiger partial charge in [0.15, 0.2) is 0 Å². The first-order chi connectivity index (χ1) is 12.0. The summed E-state index contributed by atoms with van der Waals surface area (Å²) in [5.41, 5.74) is 2.78. The molecule has 5 nitrogen and oxygen atoms in total. The van der Waals surface area contributed by atoms with E-state index in [0.29, 0.717) is 5.69 Å². The van der Waals surface area contributed by atoms with Crippen LogP contribution in [0.25, 0.3) is 0 Å². The average Bonchev–Trinajstić information content (AvgIpc) is 2.52. The maximum Gasteiger partial charge on any atom is 0.257 e. The highest BCUT2D eigenvalue weighted by atomic mass is 35.5. The fourth-order valence-corrected chi connectivity index (χ4v) is 4.13. The van der Waals surface area contributed by atoms with Crippen LogP contribution in [-0.4, -0.2) is 31.7 Å². The fraction of sp³-hybridized carbons (Fsp3) is 0.316. The number of carbonyl (C=O) groups excluding carboxylic acids is 1. The maximum absolute atomic E-state index is 12.7. The third kappa shape index (κ3) is 4.44. The second-order valence-electron chi connectivity index (χ2n) is 6.59. The molecule has 0 bridgehead atoms. The second-order valence-corrected chi connectivity index (χ2v) is 8.99. The first-order valence-corrected chi connectivity index (χ1v) is 10.0. The summed E-state index contributed by atoms with van der Waals surface area (Å²) in [6.45, 7) is 7.43. The molecule has 0 fully saturated rings. The van der Waals surface area contributed by atoms with Gasteiger partial charge in [-0.25, -0.2) is 8.42 Å². The van der Waals surface area contributed by atoms with E-state index >= 15 is 0 Å². The minimum absolute atomic E-state index is 0.0312. The van der Waals surface area contributed by atoms with Crippen molar-refractivity contribution in [3.8, 4) is 0 Å². The SMILES string of the molecule is Cc1cc(C)cc(NC(=O)c2cc(S(=O)(=O)N(C)C(C)C)ccc2Cl)c1. The van der Waals surface area contributed by atoms with Crippen LogP contribution in [0.5, 0.6) is 0 Å². The molecule has 0 saturated carbocycles. The van der Waals surface area contributed by atoms with Crippen LogP contribution in [0.2, 0.25) is 5.02 Å². The van der Waals surface area contributed by atoms with Crippen molar-refractivity contribution >= 4 is 33.2 Å². The lowest BCUT2D eigenvalue weighted by atomic mass is 10.1. The molecule has 0 radical (unpaired) electrons. The van der Waals surface area contributed by atoms with Gasteiger partial charge in [-0.15, -0.1) is 0 Å². The summed E-state index contributed by atoms with van der Waals surface area (Å²) < 4.78 is 26.6. The Hall–Kier alpha value is -1.89. The Kier molecular flexibility index (Phi) is 6.11. The summed E-state index contributed by atoms with van der Waals surface area (Å²) in [5, 5.41) is 2.97. The van der Waals surface area contributed by atoms with Gasteiger partial charge in [-0.1, -0.05) is 17.7 Å². The molecule has 1 amide bonds. The van der Waals surface area contributed by atoms with Crippen molar-refractivity contribution in [3.05, 3.63) is 58.1 Å². The topological polar surface area (TPSA) is 66.5 Å². The lowest BCUT2D eigenvalue weighted by molar-refractivity contribution is 0.102. The highest BCUT2D eigenvalue weighted by Gasteiger charge is 2.25. The average molecular weight is 395 g/mol. The highest BCUT2D eigenvalue weighted by Crippen LogP contribution is 2.25. The van der Waals surface area contributed by atoms with Crippen molar-refractivity contribution in [2.24, 2.45) is 0 Å². The summed E-state index contributed by atoms with van der Waals surface area (Å²) in [4.78, 5) is 12.7. The molecule has 0 aliphatic carbocycles. The van der Waals surface area contributed by atoms with Crippen LogP contribution in [0.4, 0.5) is 5.69 Å². The van der Waals surface area contributed by atoms with Crippen molar-refractivity contribution in [2.75, 3.05) is 12.4 Å². The molecule has 2 aromatic rings. The number of sulfonamides is 1. The third-order valence-electron chi connectivity index (χ3n) is 4.07. The molecule has 0 atom stereocenters.